The van der Waals surface area contributed by atoms with Crippen LogP contribution in [0, 0.1) is 0 Å². The minimum atomic E-state index is -0.485. The van der Waals surface area contributed by atoms with Gasteiger partial charge in [-0.25, -0.2) is 9.48 Å². The van der Waals surface area contributed by atoms with Gasteiger partial charge in [-0.3, -0.25) is 4.98 Å². The minimum Gasteiger partial charge on any atom is -0.464 e. The molecule has 100 valence electrons. The summed E-state index contributed by atoms with van der Waals surface area (Å²) >= 11 is 0. The van der Waals surface area contributed by atoms with Crippen molar-refractivity contribution in [2.75, 3.05) is 7.11 Å². The number of esters is 1. The SMILES string of the molecule is CCC(C)n1nnc(C(=O)OC)c1-c1ccncc1. The highest BCUT2D eigenvalue weighted by Gasteiger charge is 2.23. The molecule has 0 bridgehead atoms. The highest BCUT2D eigenvalue weighted by molar-refractivity contribution is 5.93. The maximum atomic E-state index is 11.8. The van der Waals surface area contributed by atoms with Gasteiger partial charge >= 0.3 is 5.97 Å². The van der Waals surface area contributed by atoms with E-state index in [2.05, 4.69) is 22.2 Å². The van der Waals surface area contributed by atoms with E-state index >= 15 is 0 Å². The number of ether oxygens (including phenoxy) is 1. The number of carbonyl (C=O) groups is 1. The lowest BCUT2D eigenvalue weighted by Gasteiger charge is -2.13. The molecule has 6 nitrogen and oxygen atoms in total. The molecule has 0 fully saturated rings. The van der Waals surface area contributed by atoms with Crippen molar-refractivity contribution in [1.82, 2.24) is 20.0 Å². The Balaban J connectivity index is 2.60. The lowest BCUT2D eigenvalue weighted by atomic mass is 10.1. The van der Waals surface area contributed by atoms with Gasteiger partial charge in [0.1, 0.15) is 5.69 Å². The molecule has 1 atom stereocenters. The van der Waals surface area contributed by atoms with Crippen LogP contribution in [0.25, 0.3) is 11.3 Å². The van der Waals surface area contributed by atoms with E-state index in [1.54, 1.807) is 17.1 Å². The molecule has 0 saturated carbocycles. The quantitative estimate of drug-likeness (QED) is 0.787. The van der Waals surface area contributed by atoms with Gasteiger partial charge in [0, 0.05) is 18.0 Å². The normalized spacial score (nSPS) is 12.2. The Morgan fingerprint density at radius 1 is 1.42 bits per heavy atom. The fourth-order valence-corrected chi connectivity index (χ4v) is 1.79. The summed E-state index contributed by atoms with van der Waals surface area (Å²) in [5.41, 5.74) is 1.75. The molecule has 0 aliphatic rings. The van der Waals surface area contributed by atoms with Crippen molar-refractivity contribution >= 4 is 5.97 Å². The van der Waals surface area contributed by atoms with Crippen LogP contribution < -0.4 is 0 Å². The fourth-order valence-electron chi connectivity index (χ4n) is 1.79. The third-order valence-corrected chi connectivity index (χ3v) is 3.04. The Morgan fingerprint density at radius 3 is 2.68 bits per heavy atom. The molecule has 2 aromatic rings. The van der Waals surface area contributed by atoms with Crippen LogP contribution in [-0.2, 0) is 4.74 Å². The van der Waals surface area contributed by atoms with E-state index in [-0.39, 0.29) is 11.7 Å². The number of carbonyl (C=O) groups excluding carboxylic acids is 1. The molecule has 0 spiro atoms. The molecule has 0 amide bonds. The van der Waals surface area contributed by atoms with Crippen LogP contribution in [-0.4, -0.2) is 33.1 Å². The average molecular weight is 260 g/mol. The van der Waals surface area contributed by atoms with Crippen molar-refractivity contribution in [3.8, 4) is 11.3 Å². The number of nitrogens with zero attached hydrogens (tertiary/aromatic N) is 4. The van der Waals surface area contributed by atoms with Crippen molar-refractivity contribution in [2.24, 2.45) is 0 Å². The predicted octanol–water partition coefficient (Wildman–Crippen LogP) is 2.10. The molecule has 2 aromatic heterocycles. The molecular formula is C13H16N4O2. The number of methoxy groups -OCH3 is 1. The predicted molar refractivity (Wildman–Crippen MR) is 69.6 cm³/mol. The second kappa shape index (κ2) is 5.60. The first-order chi connectivity index (χ1) is 9.19. The van der Waals surface area contributed by atoms with Crippen LogP contribution in [0.4, 0.5) is 0 Å². The van der Waals surface area contributed by atoms with Gasteiger partial charge < -0.3 is 4.74 Å². The summed E-state index contributed by atoms with van der Waals surface area (Å²) in [5, 5.41) is 8.03. The first kappa shape index (κ1) is 13.2. The van der Waals surface area contributed by atoms with Gasteiger partial charge in [0.15, 0.2) is 5.69 Å². The van der Waals surface area contributed by atoms with Crippen molar-refractivity contribution in [2.45, 2.75) is 26.3 Å². The minimum absolute atomic E-state index is 0.147. The summed E-state index contributed by atoms with van der Waals surface area (Å²) < 4.78 is 6.51. The molecule has 0 saturated heterocycles. The largest absolute Gasteiger partial charge is 0.464 e. The number of aromatic nitrogens is 4. The van der Waals surface area contributed by atoms with E-state index in [1.807, 2.05) is 19.1 Å². The van der Waals surface area contributed by atoms with E-state index in [4.69, 9.17) is 4.74 Å². The zero-order valence-corrected chi connectivity index (χ0v) is 11.2. The second-order valence-electron chi connectivity index (χ2n) is 4.22. The van der Waals surface area contributed by atoms with Gasteiger partial charge in [-0.2, -0.15) is 0 Å². The smallest absolute Gasteiger partial charge is 0.360 e. The lowest BCUT2D eigenvalue weighted by Crippen LogP contribution is -2.09. The van der Waals surface area contributed by atoms with Crippen LogP contribution in [0.15, 0.2) is 24.5 Å². The summed E-state index contributed by atoms with van der Waals surface area (Å²) in [5.74, 6) is -0.485. The molecule has 2 rings (SSSR count). The van der Waals surface area contributed by atoms with E-state index in [0.717, 1.165) is 12.0 Å². The molecule has 0 aliphatic carbocycles. The molecule has 0 N–H and O–H groups in total. The Morgan fingerprint density at radius 2 is 2.11 bits per heavy atom. The summed E-state index contributed by atoms with van der Waals surface area (Å²) in [6.45, 7) is 4.08. The topological polar surface area (TPSA) is 69.9 Å². The third-order valence-electron chi connectivity index (χ3n) is 3.04. The first-order valence-corrected chi connectivity index (χ1v) is 6.13. The first-order valence-electron chi connectivity index (χ1n) is 6.13. The second-order valence-corrected chi connectivity index (χ2v) is 4.22. The average Bonchev–Trinajstić information content (AvgIpc) is 2.91. The fraction of sp³-hybridized carbons (Fsp3) is 0.385. The van der Waals surface area contributed by atoms with Crippen molar-refractivity contribution in [3.05, 3.63) is 30.2 Å². The Labute approximate surface area is 111 Å². The van der Waals surface area contributed by atoms with Crippen molar-refractivity contribution in [3.63, 3.8) is 0 Å². The van der Waals surface area contributed by atoms with Gasteiger partial charge in [0.25, 0.3) is 0 Å². The Hall–Kier alpha value is -2.24. The van der Waals surface area contributed by atoms with E-state index < -0.39 is 5.97 Å². The molecule has 19 heavy (non-hydrogen) atoms. The number of hydrogen-bond acceptors (Lipinski definition) is 5. The van der Waals surface area contributed by atoms with Crippen LogP contribution in [0.5, 0.6) is 0 Å². The van der Waals surface area contributed by atoms with Crippen molar-refractivity contribution in [1.29, 1.82) is 0 Å². The van der Waals surface area contributed by atoms with Gasteiger partial charge in [0.05, 0.1) is 13.2 Å². The summed E-state index contributed by atoms with van der Waals surface area (Å²) in [6.07, 6.45) is 4.23. The molecular weight excluding hydrogens is 244 g/mol. The van der Waals surface area contributed by atoms with Gasteiger partial charge in [-0.15, -0.1) is 5.10 Å². The zero-order valence-electron chi connectivity index (χ0n) is 11.2. The molecule has 0 aliphatic heterocycles. The molecule has 0 radical (unpaired) electrons. The number of rotatable bonds is 4. The van der Waals surface area contributed by atoms with Gasteiger partial charge in [-0.1, -0.05) is 12.1 Å². The number of hydrogen-bond donors (Lipinski definition) is 0. The third kappa shape index (κ3) is 2.47. The Kier molecular flexibility index (Phi) is 3.89. The standard InChI is InChI=1S/C13H16N4O2/c1-4-9(2)17-12(10-5-7-14-8-6-10)11(15-16-17)13(18)19-3/h5-9H,4H2,1-3H3. The molecule has 1 unspecified atom stereocenters. The van der Waals surface area contributed by atoms with Crippen LogP contribution in [0.1, 0.15) is 36.8 Å². The molecule has 2 heterocycles. The van der Waals surface area contributed by atoms with E-state index in [9.17, 15) is 4.79 Å². The highest BCUT2D eigenvalue weighted by Crippen LogP contribution is 2.26. The van der Waals surface area contributed by atoms with Crippen molar-refractivity contribution < 1.29 is 9.53 Å². The maximum absolute atomic E-state index is 11.8. The highest BCUT2D eigenvalue weighted by atomic mass is 16.5. The lowest BCUT2D eigenvalue weighted by molar-refractivity contribution is 0.0595. The maximum Gasteiger partial charge on any atom is 0.360 e. The van der Waals surface area contributed by atoms with Gasteiger partial charge in [0.2, 0.25) is 0 Å². The molecule has 6 heteroatoms. The van der Waals surface area contributed by atoms with E-state index in [0.29, 0.717) is 5.69 Å². The zero-order chi connectivity index (χ0) is 13.8. The van der Waals surface area contributed by atoms with Crippen LogP contribution in [0.3, 0.4) is 0 Å². The summed E-state index contributed by atoms with van der Waals surface area (Å²) in [6, 6.07) is 3.79. The van der Waals surface area contributed by atoms with Crippen LogP contribution >= 0.6 is 0 Å². The Bertz CT molecular complexity index is 565. The number of pyridine rings is 1. The van der Waals surface area contributed by atoms with E-state index in [1.165, 1.54) is 7.11 Å². The molecule has 0 aromatic carbocycles. The summed E-state index contributed by atoms with van der Waals surface area (Å²) in [4.78, 5) is 15.8. The monoisotopic (exact) mass is 260 g/mol. The summed E-state index contributed by atoms with van der Waals surface area (Å²) in [7, 11) is 1.33. The van der Waals surface area contributed by atoms with Crippen LogP contribution in [0.2, 0.25) is 0 Å². The van der Waals surface area contributed by atoms with Gasteiger partial charge in [-0.05, 0) is 25.5 Å².